The number of hydrogen-bond donors (Lipinski definition) is 1. The molecule has 0 spiro atoms. The topological polar surface area (TPSA) is 12.0 Å². The number of halogens is 2. The van der Waals surface area contributed by atoms with Crippen LogP contribution in [0.15, 0.2) is 18.2 Å². The Labute approximate surface area is 85.9 Å². The summed E-state index contributed by atoms with van der Waals surface area (Å²) in [6.07, 6.45) is 1.08. The van der Waals surface area contributed by atoms with Crippen LogP contribution in [0.25, 0.3) is 0 Å². The lowest BCUT2D eigenvalue weighted by Gasteiger charge is -2.23. The Hall–Kier alpha value is -0.610. The molecule has 76 valence electrons. The van der Waals surface area contributed by atoms with Crippen LogP contribution in [0.4, 0.5) is 8.78 Å². The molecule has 1 aliphatic rings. The molecule has 0 bridgehead atoms. The maximum atomic E-state index is 13.4. The minimum atomic E-state index is -0.768. The largest absolute Gasteiger partial charge is 0.302 e. The van der Waals surface area contributed by atoms with Crippen LogP contribution in [-0.2, 0) is 0 Å². The molecule has 1 unspecified atom stereocenters. The first-order valence-electron chi connectivity index (χ1n) is 4.58. The van der Waals surface area contributed by atoms with Gasteiger partial charge in [-0.15, -0.1) is 11.8 Å². The highest BCUT2D eigenvalue weighted by Crippen LogP contribution is 2.31. The molecule has 0 amide bonds. The van der Waals surface area contributed by atoms with Crippen molar-refractivity contribution in [2.45, 2.75) is 11.8 Å². The summed E-state index contributed by atoms with van der Waals surface area (Å²) in [4.78, 5) is 0. The van der Waals surface area contributed by atoms with E-state index in [4.69, 9.17) is 0 Å². The average Bonchev–Trinajstić information content (AvgIpc) is 2.23. The van der Waals surface area contributed by atoms with Crippen molar-refractivity contribution >= 4 is 11.8 Å². The molecule has 1 nitrogen and oxygen atoms in total. The molecule has 1 N–H and O–H groups in total. The van der Waals surface area contributed by atoms with E-state index in [0.29, 0.717) is 5.56 Å². The lowest BCUT2D eigenvalue weighted by molar-refractivity contribution is 0.489. The minimum absolute atomic E-state index is 0.0977. The third kappa shape index (κ3) is 1.91. The van der Waals surface area contributed by atoms with Gasteiger partial charge in [0.2, 0.25) is 0 Å². The predicted octanol–water partition coefficient (Wildman–Crippen LogP) is 2.69. The van der Waals surface area contributed by atoms with Gasteiger partial charge in [0, 0.05) is 5.56 Å². The second-order valence-electron chi connectivity index (χ2n) is 3.20. The van der Waals surface area contributed by atoms with Crippen LogP contribution in [-0.4, -0.2) is 12.3 Å². The summed E-state index contributed by atoms with van der Waals surface area (Å²) < 4.78 is 26.3. The molecule has 1 aliphatic heterocycles. The molecule has 0 aromatic heterocycles. The molecule has 1 saturated heterocycles. The Morgan fingerprint density at radius 3 is 2.93 bits per heavy atom. The zero-order chi connectivity index (χ0) is 9.97. The van der Waals surface area contributed by atoms with E-state index in [1.54, 1.807) is 23.9 Å². The van der Waals surface area contributed by atoms with E-state index in [1.165, 1.54) is 0 Å². The standard InChI is InChI=1S/C10H11F2NS/c11-8-4-1-3-7(9(8)12)10-13-5-2-6-14-10/h1,3-4,10,13H,2,5-6H2. The van der Waals surface area contributed by atoms with Gasteiger partial charge < -0.3 is 5.32 Å². The summed E-state index contributed by atoms with van der Waals surface area (Å²) >= 11 is 1.62. The van der Waals surface area contributed by atoms with E-state index in [9.17, 15) is 8.78 Å². The molecular weight excluding hydrogens is 204 g/mol. The molecule has 1 heterocycles. The summed E-state index contributed by atoms with van der Waals surface area (Å²) in [7, 11) is 0. The molecular formula is C10H11F2NS. The number of nitrogens with one attached hydrogen (secondary N) is 1. The van der Waals surface area contributed by atoms with Crippen LogP contribution in [0.2, 0.25) is 0 Å². The molecule has 0 radical (unpaired) electrons. The quantitative estimate of drug-likeness (QED) is 0.773. The van der Waals surface area contributed by atoms with Gasteiger partial charge in [-0.3, -0.25) is 0 Å². The van der Waals surface area contributed by atoms with E-state index in [-0.39, 0.29) is 5.37 Å². The lowest BCUT2D eigenvalue weighted by atomic mass is 10.2. The van der Waals surface area contributed by atoms with Crippen molar-refractivity contribution in [3.8, 4) is 0 Å². The molecule has 1 fully saturated rings. The molecule has 1 aromatic carbocycles. The van der Waals surface area contributed by atoms with Crippen molar-refractivity contribution in [3.63, 3.8) is 0 Å². The van der Waals surface area contributed by atoms with Crippen molar-refractivity contribution in [2.24, 2.45) is 0 Å². The van der Waals surface area contributed by atoms with Crippen molar-refractivity contribution in [1.29, 1.82) is 0 Å². The zero-order valence-electron chi connectivity index (χ0n) is 7.59. The molecule has 1 aromatic rings. The second-order valence-corrected chi connectivity index (χ2v) is 4.41. The van der Waals surface area contributed by atoms with Crippen molar-refractivity contribution in [2.75, 3.05) is 12.3 Å². The van der Waals surface area contributed by atoms with Crippen molar-refractivity contribution < 1.29 is 8.78 Å². The van der Waals surface area contributed by atoms with Gasteiger partial charge in [-0.25, -0.2) is 8.78 Å². The number of hydrogen-bond acceptors (Lipinski definition) is 2. The summed E-state index contributed by atoms with van der Waals surface area (Å²) in [6, 6.07) is 4.32. The van der Waals surface area contributed by atoms with E-state index < -0.39 is 11.6 Å². The lowest BCUT2D eigenvalue weighted by Crippen LogP contribution is -2.26. The van der Waals surface area contributed by atoms with Crippen LogP contribution in [0.3, 0.4) is 0 Å². The van der Waals surface area contributed by atoms with Crippen LogP contribution in [0.1, 0.15) is 17.4 Å². The smallest absolute Gasteiger partial charge is 0.164 e. The SMILES string of the molecule is Fc1cccc(C2NCCCS2)c1F. The summed E-state index contributed by atoms with van der Waals surface area (Å²) in [5.41, 5.74) is 0.426. The Morgan fingerprint density at radius 2 is 2.21 bits per heavy atom. The van der Waals surface area contributed by atoms with Gasteiger partial charge in [-0.1, -0.05) is 12.1 Å². The first-order valence-corrected chi connectivity index (χ1v) is 5.63. The molecule has 0 saturated carbocycles. The van der Waals surface area contributed by atoms with Gasteiger partial charge in [0.15, 0.2) is 11.6 Å². The summed E-state index contributed by atoms with van der Waals surface area (Å²) in [5, 5.41) is 3.06. The molecule has 0 aliphatic carbocycles. The minimum Gasteiger partial charge on any atom is -0.302 e. The van der Waals surface area contributed by atoms with Crippen LogP contribution in [0, 0.1) is 11.6 Å². The second kappa shape index (κ2) is 4.28. The third-order valence-electron chi connectivity index (χ3n) is 2.20. The van der Waals surface area contributed by atoms with Crippen LogP contribution >= 0.6 is 11.8 Å². The van der Waals surface area contributed by atoms with Gasteiger partial charge in [-0.05, 0) is 24.8 Å². The maximum Gasteiger partial charge on any atom is 0.164 e. The Kier molecular flexibility index (Phi) is 3.03. The Morgan fingerprint density at radius 1 is 1.36 bits per heavy atom. The third-order valence-corrected chi connectivity index (χ3v) is 3.48. The van der Waals surface area contributed by atoms with E-state index in [1.807, 2.05) is 0 Å². The average molecular weight is 215 g/mol. The number of thioether (sulfide) groups is 1. The molecule has 4 heteroatoms. The van der Waals surface area contributed by atoms with Gasteiger partial charge in [-0.2, -0.15) is 0 Å². The van der Waals surface area contributed by atoms with Crippen LogP contribution < -0.4 is 5.32 Å². The normalized spacial score (nSPS) is 22.3. The van der Waals surface area contributed by atoms with Crippen molar-refractivity contribution in [1.82, 2.24) is 5.32 Å². The van der Waals surface area contributed by atoms with Gasteiger partial charge in [0.25, 0.3) is 0 Å². The predicted molar refractivity (Wildman–Crippen MR) is 54.2 cm³/mol. The van der Waals surface area contributed by atoms with E-state index >= 15 is 0 Å². The summed E-state index contributed by atoms with van der Waals surface area (Å²) in [6.45, 7) is 0.869. The monoisotopic (exact) mass is 215 g/mol. The van der Waals surface area contributed by atoms with Gasteiger partial charge in [0.1, 0.15) is 0 Å². The Bertz CT molecular complexity index is 324. The molecule has 2 rings (SSSR count). The first kappa shape index (κ1) is 9.93. The fraction of sp³-hybridized carbons (Fsp3) is 0.400. The van der Waals surface area contributed by atoms with E-state index in [0.717, 1.165) is 24.8 Å². The highest BCUT2D eigenvalue weighted by atomic mass is 32.2. The van der Waals surface area contributed by atoms with Gasteiger partial charge in [0.05, 0.1) is 5.37 Å². The maximum absolute atomic E-state index is 13.4. The fourth-order valence-electron chi connectivity index (χ4n) is 1.49. The first-order chi connectivity index (χ1) is 6.79. The number of rotatable bonds is 1. The van der Waals surface area contributed by atoms with Crippen molar-refractivity contribution in [3.05, 3.63) is 35.4 Å². The Balaban J connectivity index is 2.26. The van der Waals surface area contributed by atoms with Crippen LogP contribution in [0.5, 0.6) is 0 Å². The zero-order valence-corrected chi connectivity index (χ0v) is 8.41. The number of benzene rings is 1. The summed E-state index contributed by atoms with van der Waals surface area (Å²) in [5.74, 6) is -0.497. The van der Waals surface area contributed by atoms with Gasteiger partial charge >= 0.3 is 0 Å². The molecule has 14 heavy (non-hydrogen) atoms. The highest BCUT2D eigenvalue weighted by molar-refractivity contribution is 7.99. The molecule has 1 atom stereocenters. The fourth-order valence-corrected chi connectivity index (χ4v) is 2.63. The van der Waals surface area contributed by atoms with E-state index in [2.05, 4.69) is 5.32 Å². The highest BCUT2D eigenvalue weighted by Gasteiger charge is 2.20.